The number of allylic oxidation sites excluding steroid dienone is 6. The van der Waals surface area contributed by atoms with E-state index in [9.17, 15) is 33.9 Å². The summed E-state index contributed by atoms with van der Waals surface area (Å²) in [6.45, 7) is 19.0. The molecule has 15 atom stereocenters. The molecule has 5 aliphatic heterocycles. The Balaban J connectivity index is 1.26. The monoisotopic (exact) mass is 1180 g/mol. The number of amides is 2. The fraction of sp³-hybridized carbons (Fsp3) is 0.781. The first-order valence-corrected chi connectivity index (χ1v) is 31.0. The van der Waals surface area contributed by atoms with Crippen LogP contribution < -0.4 is 0 Å². The van der Waals surface area contributed by atoms with Crippen molar-refractivity contribution in [3.05, 3.63) is 47.6 Å². The van der Waals surface area contributed by atoms with E-state index in [-0.39, 0.29) is 54.8 Å². The molecule has 0 aromatic rings. The van der Waals surface area contributed by atoms with Crippen molar-refractivity contribution in [2.75, 3.05) is 101 Å². The summed E-state index contributed by atoms with van der Waals surface area (Å²) in [5.41, 5.74) is 1.27. The second-order valence-corrected chi connectivity index (χ2v) is 24.7. The van der Waals surface area contributed by atoms with Crippen LogP contribution in [0.5, 0.6) is 0 Å². The molecule has 474 valence electrons. The number of hydrogen-bond acceptors (Lipinski definition) is 18. The molecule has 6 aliphatic rings. The van der Waals surface area contributed by atoms with Gasteiger partial charge in [-0.1, -0.05) is 71.1 Å². The van der Waals surface area contributed by atoms with Crippen LogP contribution in [0.2, 0.25) is 0 Å². The molecule has 0 unspecified atom stereocenters. The van der Waals surface area contributed by atoms with Gasteiger partial charge in [0.1, 0.15) is 42.3 Å². The first-order chi connectivity index (χ1) is 40.2. The molecular formula is C64H101N3O17. The molecule has 2 amide bonds. The lowest BCUT2D eigenvalue weighted by molar-refractivity contribution is -0.277. The zero-order valence-corrected chi connectivity index (χ0v) is 52.2. The summed E-state index contributed by atoms with van der Waals surface area (Å²) in [4.78, 5) is 91.5. The highest BCUT2D eigenvalue weighted by Gasteiger charge is 2.55. The molecular weight excluding hydrogens is 1080 g/mol. The number of methoxy groups -OCH3 is 3. The lowest BCUT2D eigenvalue weighted by Gasteiger charge is -2.45. The average Bonchev–Trinajstić information content (AvgIpc) is 1.32. The molecule has 1 aliphatic carbocycles. The predicted molar refractivity (Wildman–Crippen MR) is 314 cm³/mol. The van der Waals surface area contributed by atoms with Gasteiger partial charge < -0.3 is 62.3 Å². The normalized spacial score (nSPS) is 36.2. The van der Waals surface area contributed by atoms with Crippen LogP contribution in [0.25, 0.3) is 0 Å². The van der Waals surface area contributed by atoms with Gasteiger partial charge in [-0.15, -0.1) is 0 Å². The van der Waals surface area contributed by atoms with E-state index < -0.39 is 96.1 Å². The Morgan fingerprint density at radius 1 is 0.833 bits per heavy atom. The maximum absolute atomic E-state index is 14.9. The average molecular weight is 1180 g/mol. The van der Waals surface area contributed by atoms with E-state index in [0.717, 1.165) is 18.7 Å². The number of carbonyl (C=O) groups excluding carboxylic acids is 6. The highest BCUT2D eigenvalue weighted by atomic mass is 16.7. The summed E-state index contributed by atoms with van der Waals surface area (Å²) in [5.74, 6) is -7.16. The number of rotatable bonds is 15. The molecule has 1 N–H and O–H groups in total. The molecule has 20 heteroatoms. The first-order valence-electron chi connectivity index (χ1n) is 31.0. The number of piperidine rings is 1. The topological polar surface area (TPSA) is 225 Å². The van der Waals surface area contributed by atoms with Gasteiger partial charge in [-0.25, -0.2) is 9.59 Å². The fourth-order valence-electron chi connectivity index (χ4n) is 12.6. The molecule has 0 spiro atoms. The summed E-state index contributed by atoms with van der Waals surface area (Å²) in [6, 6.07) is -1.14. The minimum absolute atomic E-state index is 0.00751. The summed E-state index contributed by atoms with van der Waals surface area (Å²) in [6.07, 6.45) is 10.9. The van der Waals surface area contributed by atoms with Crippen LogP contribution >= 0.6 is 0 Å². The van der Waals surface area contributed by atoms with Crippen LogP contribution in [0.1, 0.15) is 126 Å². The van der Waals surface area contributed by atoms with Gasteiger partial charge in [-0.2, -0.15) is 0 Å². The molecule has 0 aromatic carbocycles. The van der Waals surface area contributed by atoms with Crippen LogP contribution in [0.4, 0.5) is 4.79 Å². The van der Waals surface area contributed by atoms with Crippen LogP contribution in [-0.4, -0.2) is 217 Å². The van der Waals surface area contributed by atoms with Crippen molar-refractivity contribution < 1.29 is 81.2 Å². The number of fused-ring (bicyclic) bond motifs is 3. The minimum atomic E-state index is -1.95. The van der Waals surface area contributed by atoms with Gasteiger partial charge in [0, 0.05) is 91.7 Å². The highest BCUT2D eigenvalue weighted by molar-refractivity contribution is 6.39. The molecule has 2 bridgehead atoms. The maximum Gasteiger partial charge on any atom is 0.409 e. The molecule has 84 heavy (non-hydrogen) atoms. The lowest BCUT2D eigenvalue weighted by Crippen LogP contribution is -2.61. The second kappa shape index (κ2) is 33.8. The van der Waals surface area contributed by atoms with E-state index >= 15 is 0 Å². The van der Waals surface area contributed by atoms with E-state index in [4.69, 9.17) is 47.4 Å². The number of ketones is 3. The zero-order valence-electron chi connectivity index (χ0n) is 52.2. The quantitative estimate of drug-likeness (QED) is 0.0752. The standard InChI is InChI=1S/C64H101N3O17/c1-41-17-13-12-14-18-42(2)54(81-32-31-80-50-39-79-40-50)37-49-22-20-47(7)64(77-11,84-49)60(71)61(72)67-24-16-15-19-51(67)62(73)82-55(38-52(68)43(3)34-46(6)58(70)59(76-10)57(69)45(5)33-41)44(4)35-48-21-23-53(56(36-48)75-9)83-63(74)65(8)25-26-66-27-29-78-30-28-66/h12-14,17-18,34,41,43-45,47-51,53-56,58-59,70H,15-16,19-33,35-40H2,1-11H3/b14-12+,17-13+,42-18+,46-34+/t41-,43-,44-,45-,47-,48+,49+,51+,53-,54+,55+,56-,58-,59+,64-/m1/s1. The number of nitrogens with zero attached hydrogens (tertiary/aromatic N) is 3. The minimum Gasteiger partial charge on any atom is -0.460 e. The van der Waals surface area contributed by atoms with Crippen molar-refractivity contribution in [2.24, 2.45) is 35.5 Å². The number of morpholine rings is 1. The van der Waals surface area contributed by atoms with E-state index in [0.29, 0.717) is 123 Å². The Kier molecular flexibility index (Phi) is 27.7. The Bertz CT molecular complexity index is 2280. The molecule has 5 heterocycles. The van der Waals surface area contributed by atoms with Gasteiger partial charge in [0.2, 0.25) is 5.79 Å². The smallest absolute Gasteiger partial charge is 0.409 e. The molecule has 0 radical (unpaired) electrons. The predicted octanol–water partition coefficient (Wildman–Crippen LogP) is 7.03. The van der Waals surface area contributed by atoms with Gasteiger partial charge >= 0.3 is 12.1 Å². The fourth-order valence-corrected chi connectivity index (χ4v) is 12.6. The lowest BCUT2D eigenvalue weighted by atomic mass is 9.78. The zero-order chi connectivity index (χ0) is 61.1. The van der Waals surface area contributed by atoms with Crippen molar-refractivity contribution in [3.8, 4) is 0 Å². The van der Waals surface area contributed by atoms with Crippen molar-refractivity contribution in [1.29, 1.82) is 0 Å². The van der Waals surface area contributed by atoms with Gasteiger partial charge in [0.25, 0.3) is 11.7 Å². The number of carbonyl (C=O) groups is 6. The number of hydrogen-bond donors (Lipinski definition) is 1. The Morgan fingerprint density at radius 2 is 1.57 bits per heavy atom. The third-order valence-corrected chi connectivity index (χ3v) is 18.2. The third-order valence-electron chi connectivity index (χ3n) is 18.2. The van der Waals surface area contributed by atoms with Crippen LogP contribution in [-0.2, 0) is 71.3 Å². The second-order valence-electron chi connectivity index (χ2n) is 24.7. The Morgan fingerprint density at radius 3 is 2.26 bits per heavy atom. The number of aliphatic hydroxyl groups excluding tert-OH is 1. The molecule has 0 aromatic heterocycles. The SMILES string of the molecule is CO[C@@H]1C[C@H](C[C@@H](C)[C@@H]2CC(=O)[C@H](C)/C=C(\C)[C@@H](O)[C@@H](OC)C(=O)[C@H](C)C[C@H](C)/C=C/C=C/C=C(\C)[C@@H](OCCOC3COC3)C[C@@H]3CC[C@@H](C)[C@@](OC)(O3)C(=O)C(=O)N3CCCC[C@H]3C(=O)O2)CC[C@H]1OC(=O)N(C)CCN1CCOCC1. The van der Waals surface area contributed by atoms with Crippen molar-refractivity contribution in [1.82, 2.24) is 14.7 Å². The first kappa shape index (κ1) is 68.9. The molecule has 5 fully saturated rings. The Labute approximate surface area is 499 Å². The van der Waals surface area contributed by atoms with E-state index in [2.05, 4.69) is 4.90 Å². The summed E-state index contributed by atoms with van der Waals surface area (Å²) < 4.78 is 60.0. The number of ether oxygens (including phenoxy) is 10. The summed E-state index contributed by atoms with van der Waals surface area (Å²) in [5, 5.41) is 11.6. The highest BCUT2D eigenvalue weighted by Crippen LogP contribution is 2.40. The van der Waals surface area contributed by atoms with Gasteiger partial charge in [0.05, 0.1) is 58.0 Å². The Hall–Kier alpha value is -4.22. The largest absolute Gasteiger partial charge is 0.460 e. The summed E-state index contributed by atoms with van der Waals surface area (Å²) >= 11 is 0. The van der Waals surface area contributed by atoms with E-state index in [1.54, 1.807) is 39.0 Å². The van der Waals surface area contributed by atoms with Crippen LogP contribution in [0, 0.1) is 35.5 Å². The van der Waals surface area contributed by atoms with Gasteiger partial charge in [0.15, 0.2) is 5.78 Å². The number of esters is 1. The van der Waals surface area contributed by atoms with E-state index in [1.807, 2.05) is 65.0 Å². The number of Topliss-reactive ketones (excluding diaryl/α,β-unsaturated/α-hetero) is 3. The summed E-state index contributed by atoms with van der Waals surface area (Å²) in [7, 11) is 6.09. The third kappa shape index (κ3) is 19.1. The van der Waals surface area contributed by atoms with Crippen LogP contribution in [0.15, 0.2) is 47.6 Å². The molecule has 6 rings (SSSR count). The van der Waals surface area contributed by atoms with Gasteiger partial charge in [-0.3, -0.25) is 24.1 Å². The molecule has 4 saturated heterocycles. The van der Waals surface area contributed by atoms with Crippen molar-refractivity contribution in [2.45, 2.75) is 186 Å². The van der Waals surface area contributed by atoms with Crippen molar-refractivity contribution >= 4 is 35.3 Å². The number of likely N-dealkylation sites (N-methyl/N-ethyl adjacent to an activating group) is 1. The van der Waals surface area contributed by atoms with Gasteiger partial charge in [-0.05, 0) is 107 Å². The van der Waals surface area contributed by atoms with Crippen LogP contribution in [0.3, 0.4) is 0 Å². The number of aliphatic hydroxyl groups is 1. The van der Waals surface area contributed by atoms with Crippen molar-refractivity contribution in [3.63, 3.8) is 0 Å². The molecule has 20 nitrogen and oxygen atoms in total. The number of cyclic esters (lactones) is 1. The molecule has 1 saturated carbocycles. The maximum atomic E-state index is 14.9. The van der Waals surface area contributed by atoms with E-state index in [1.165, 1.54) is 19.1 Å².